The van der Waals surface area contributed by atoms with E-state index < -0.39 is 11.7 Å². The van der Waals surface area contributed by atoms with Crippen LogP contribution in [0.2, 0.25) is 0 Å². The molecule has 3 rings (SSSR count). The summed E-state index contributed by atoms with van der Waals surface area (Å²) in [5.41, 5.74) is 0.294. The third kappa shape index (κ3) is 2.28. The first kappa shape index (κ1) is 12.3. The van der Waals surface area contributed by atoms with Crippen molar-refractivity contribution < 1.29 is 17.6 Å². The summed E-state index contributed by atoms with van der Waals surface area (Å²) in [6, 6.07) is 7.62. The lowest BCUT2D eigenvalue weighted by Crippen LogP contribution is -2.07. The van der Waals surface area contributed by atoms with Crippen molar-refractivity contribution in [2.45, 2.75) is 16.0 Å². The van der Waals surface area contributed by atoms with E-state index in [4.69, 9.17) is 0 Å². The Balaban J connectivity index is 2.03. The average Bonchev–Trinajstić information content (AvgIpc) is 2.34. The first-order valence-corrected chi connectivity index (χ1v) is 6.21. The Bertz CT molecular complexity index is 652. The monoisotopic (exact) mass is 285 g/mol. The molecule has 0 spiro atoms. The van der Waals surface area contributed by atoms with Crippen LogP contribution in [0.15, 0.2) is 46.2 Å². The molecular weight excluding hydrogens is 278 g/mol. The van der Waals surface area contributed by atoms with Crippen LogP contribution in [0.4, 0.5) is 28.9 Å². The Hall–Kier alpha value is -1.69. The summed E-state index contributed by atoms with van der Waals surface area (Å²) in [7, 11) is 0. The van der Waals surface area contributed by atoms with Crippen molar-refractivity contribution in [2.75, 3.05) is 5.32 Å². The molecule has 6 heteroatoms. The number of hydrogen-bond donors (Lipinski definition) is 1. The summed E-state index contributed by atoms with van der Waals surface area (Å²) < 4.78 is 51.0. The Morgan fingerprint density at radius 3 is 2.42 bits per heavy atom. The van der Waals surface area contributed by atoms with Crippen molar-refractivity contribution in [1.29, 1.82) is 0 Å². The third-order valence-electron chi connectivity index (χ3n) is 2.74. The number of rotatable bonds is 0. The maximum absolute atomic E-state index is 13.1. The van der Waals surface area contributed by atoms with Gasteiger partial charge >= 0.3 is 6.18 Å². The van der Waals surface area contributed by atoms with Gasteiger partial charge in [0.05, 0.1) is 16.9 Å². The Morgan fingerprint density at radius 1 is 0.895 bits per heavy atom. The topological polar surface area (TPSA) is 12.0 Å². The van der Waals surface area contributed by atoms with Crippen LogP contribution in [0.25, 0.3) is 0 Å². The van der Waals surface area contributed by atoms with E-state index in [9.17, 15) is 17.6 Å². The van der Waals surface area contributed by atoms with Gasteiger partial charge in [0.25, 0.3) is 0 Å². The normalized spacial score (nSPS) is 13.5. The summed E-state index contributed by atoms with van der Waals surface area (Å²) in [4.78, 5) is 1.30. The van der Waals surface area contributed by atoms with Crippen molar-refractivity contribution in [1.82, 2.24) is 0 Å². The molecule has 2 aromatic carbocycles. The maximum atomic E-state index is 13.1. The van der Waals surface area contributed by atoms with Gasteiger partial charge < -0.3 is 5.32 Å². The highest BCUT2D eigenvalue weighted by molar-refractivity contribution is 7.99. The van der Waals surface area contributed by atoms with Crippen LogP contribution in [0, 0.1) is 5.82 Å². The van der Waals surface area contributed by atoms with E-state index in [1.165, 1.54) is 36.0 Å². The first-order chi connectivity index (χ1) is 8.93. The molecule has 1 N–H and O–H groups in total. The molecule has 0 amide bonds. The molecule has 0 unspecified atom stereocenters. The fraction of sp³-hybridized carbons (Fsp3) is 0.0769. The van der Waals surface area contributed by atoms with Gasteiger partial charge in [-0.1, -0.05) is 11.8 Å². The molecule has 0 atom stereocenters. The van der Waals surface area contributed by atoms with Crippen molar-refractivity contribution in [3.63, 3.8) is 0 Å². The molecule has 1 aliphatic rings. The molecule has 0 aliphatic carbocycles. The predicted molar refractivity (Wildman–Crippen MR) is 65.2 cm³/mol. The smallest absolute Gasteiger partial charge is 0.354 e. The molecule has 2 aromatic rings. The lowest BCUT2D eigenvalue weighted by molar-refractivity contribution is -0.137. The second-order valence-electron chi connectivity index (χ2n) is 4.08. The van der Waals surface area contributed by atoms with Crippen LogP contribution in [0.3, 0.4) is 0 Å². The highest BCUT2D eigenvalue weighted by Crippen LogP contribution is 2.45. The van der Waals surface area contributed by atoms with Crippen molar-refractivity contribution in [2.24, 2.45) is 0 Å². The standard InChI is InChI=1S/C13H7F4NS/c14-8-2-3-9-12(6-8)19-11-4-1-7(13(15,16)17)5-10(11)18-9/h1-6,18H. The van der Waals surface area contributed by atoms with Crippen molar-refractivity contribution in [3.8, 4) is 0 Å². The Kier molecular flexibility index (Phi) is 2.70. The van der Waals surface area contributed by atoms with Gasteiger partial charge in [0, 0.05) is 9.79 Å². The van der Waals surface area contributed by atoms with Crippen LogP contribution in [0.5, 0.6) is 0 Å². The largest absolute Gasteiger partial charge is 0.416 e. The lowest BCUT2D eigenvalue weighted by atomic mass is 10.2. The molecule has 0 radical (unpaired) electrons. The van der Waals surface area contributed by atoms with E-state index in [2.05, 4.69) is 5.32 Å². The second-order valence-corrected chi connectivity index (χ2v) is 5.16. The van der Waals surface area contributed by atoms with Crippen LogP contribution < -0.4 is 5.32 Å². The molecular formula is C13H7F4NS. The summed E-state index contributed by atoms with van der Waals surface area (Å²) in [6.07, 6.45) is -4.37. The number of alkyl halides is 3. The maximum Gasteiger partial charge on any atom is 0.416 e. The van der Waals surface area contributed by atoms with Crippen LogP contribution in [-0.2, 0) is 6.18 Å². The van der Waals surface area contributed by atoms with E-state index in [1.807, 2.05) is 0 Å². The van der Waals surface area contributed by atoms with Gasteiger partial charge in [0.1, 0.15) is 5.82 Å². The second kappa shape index (κ2) is 4.16. The minimum Gasteiger partial charge on any atom is -0.354 e. The molecule has 98 valence electrons. The van der Waals surface area contributed by atoms with E-state index in [0.29, 0.717) is 21.2 Å². The molecule has 1 heterocycles. The van der Waals surface area contributed by atoms with Gasteiger partial charge in [-0.25, -0.2) is 4.39 Å². The van der Waals surface area contributed by atoms with E-state index in [0.717, 1.165) is 12.1 Å². The van der Waals surface area contributed by atoms with Gasteiger partial charge in [-0.15, -0.1) is 0 Å². The van der Waals surface area contributed by atoms with Gasteiger partial charge in [-0.3, -0.25) is 0 Å². The Morgan fingerprint density at radius 2 is 1.68 bits per heavy atom. The summed E-state index contributed by atoms with van der Waals surface area (Å²) in [5, 5.41) is 2.89. The quantitative estimate of drug-likeness (QED) is 0.580. The molecule has 19 heavy (non-hydrogen) atoms. The minimum atomic E-state index is -4.37. The third-order valence-corrected chi connectivity index (χ3v) is 3.87. The summed E-state index contributed by atoms with van der Waals surface area (Å²) in [6.45, 7) is 0. The zero-order valence-electron chi connectivity index (χ0n) is 9.38. The summed E-state index contributed by atoms with van der Waals surface area (Å²) in [5.74, 6) is -0.372. The SMILES string of the molecule is Fc1ccc2c(c1)Sc1ccc(C(F)(F)F)cc1N2. The van der Waals surface area contributed by atoms with Gasteiger partial charge in [0.15, 0.2) is 0 Å². The number of benzene rings is 2. The number of nitrogens with one attached hydrogen (secondary N) is 1. The van der Waals surface area contributed by atoms with E-state index in [1.54, 1.807) is 0 Å². The van der Waals surface area contributed by atoms with E-state index in [-0.39, 0.29) is 5.82 Å². The minimum absolute atomic E-state index is 0.372. The molecule has 0 aromatic heterocycles. The van der Waals surface area contributed by atoms with Crippen LogP contribution >= 0.6 is 11.8 Å². The molecule has 0 bridgehead atoms. The Labute approximate surface area is 110 Å². The summed E-state index contributed by atoms with van der Waals surface area (Å²) >= 11 is 1.25. The zero-order valence-corrected chi connectivity index (χ0v) is 10.2. The first-order valence-electron chi connectivity index (χ1n) is 5.39. The molecule has 1 nitrogen and oxygen atoms in total. The molecule has 0 saturated heterocycles. The molecule has 1 aliphatic heterocycles. The fourth-order valence-corrected chi connectivity index (χ4v) is 2.83. The van der Waals surface area contributed by atoms with Gasteiger partial charge in [-0.05, 0) is 36.4 Å². The molecule has 0 fully saturated rings. The van der Waals surface area contributed by atoms with E-state index >= 15 is 0 Å². The van der Waals surface area contributed by atoms with Crippen molar-refractivity contribution >= 4 is 23.1 Å². The van der Waals surface area contributed by atoms with Crippen LogP contribution in [0.1, 0.15) is 5.56 Å². The van der Waals surface area contributed by atoms with Gasteiger partial charge in [0.2, 0.25) is 0 Å². The van der Waals surface area contributed by atoms with Crippen LogP contribution in [-0.4, -0.2) is 0 Å². The predicted octanol–water partition coefficient (Wildman–Crippen LogP) is 5.05. The molecule has 0 saturated carbocycles. The highest BCUT2D eigenvalue weighted by Gasteiger charge is 2.31. The number of hydrogen-bond acceptors (Lipinski definition) is 2. The van der Waals surface area contributed by atoms with Gasteiger partial charge in [-0.2, -0.15) is 13.2 Å². The lowest BCUT2D eigenvalue weighted by Gasteiger charge is -2.21. The number of anilines is 2. The average molecular weight is 285 g/mol. The highest BCUT2D eigenvalue weighted by atomic mass is 32.2. The zero-order chi connectivity index (χ0) is 13.6. The number of halogens is 4. The van der Waals surface area contributed by atoms with Crippen molar-refractivity contribution in [3.05, 3.63) is 47.8 Å². The number of fused-ring (bicyclic) bond motifs is 2. The fourth-order valence-electron chi connectivity index (χ4n) is 1.84.